The summed E-state index contributed by atoms with van der Waals surface area (Å²) >= 11 is 0. The average molecular weight is 328 g/mol. The first-order valence-electron chi connectivity index (χ1n) is 8.52. The molecule has 2 aromatic carbocycles. The van der Waals surface area contributed by atoms with E-state index < -0.39 is 0 Å². The van der Waals surface area contributed by atoms with E-state index in [0.29, 0.717) is 23.0 Å². The van der Waals surface area contributed by atoms with Crippen molar-refractivity contribution >= 4 is 21.9 Å². The third kappa shape index (κ3) is 2.84. The topological polar surface area (TPSA) is 59.7 Å². The van der Waals surface area contributed by atoms with E-state index in [0.717, 1.165) is 11.3 Å². The molecule has 3 aromatic rings. The van der Waals surface area contributed by atoms with Gasteiger partial charge in [0.05, 0.1) is 5.39 Å². The summed E-state index contributed by atoms with van der Waals surface area (Å²) in [6.07, 6.45) is 0.728. The quantitative estimate of drug-likeness (QED) is 0.588. The first kappa shape index (κ1) is 17.9. The van der Waals surface area contributed by atoms with Gasteiger partial charge in [-0.3, -0.25) is 4.79 Å². The zero-order chi connectivity index (χ0) is 17.9. The van der Waals surface area contributed by atoms with Crippen molar-refractivity contribution in [3.8, 4) is 11.5 Å². The van der Waals surface area contributed by atoms with E-state index in [2.05, 4.69) is 0 Å². The predicted octanol–water partition coefficient (Wildman–Crippen LogP) is 5.03. The van der Waals surface area contributed by atoms with Gasteiger partial charge in [-0.15, -0.1) is 0 Å². The van der Waals surface area contributed by atoms with Gasteiger partial charge < -0.3 is 14.3 Å². The summed E-state index contributed by atoms with van der Waals surface area (Å²) in [5.41, 5.74) is 1.60. The number of phenolic OH excluding ortho intramolecular Hbond substituents is 1. The van der Waals surface area contributed by atoms with Gasteiger partial charge in [-0.2, -0.15) is 0 Å². The summed E-state index contributed by atoms with van der Waals surface area (Å²) in [6, 6.07) is 8.41. The summed E-state index contributed by atoms with van der Waals surface area (Å²) in [4.78, 5) is 12.7. The van der Waals surface area contributed by atoms with E-state index in [1.165, 1.54) is 6.07 Å². The second-order valence-corrected chi connectivity index (χ2v) is 5.13. The van der Waals surface area contributed by atoms with Gasteiger partial charge in [-0.05, 0) is 31.2 Å². The van der Waals surface area contributed by atoms with E-state index in [1.54, 1.807) is 18.2 Å². The van der Waals surface area contributed by atoms with Crippen LogP contribution in [-0.2, 0) is 6.42 Å². The molecule has 4 heteroatoms. The van der Waals surface area contributed by atoms with Crippen molar-refractivity contribution in [3.63, 3.8) is 0 Å². The fourth-order valence-corrected chi connectivity index (χ4v) is 2.88. The van der Waals surface area contributed by atoms with E-state index >= 15 is 0 Å². The molecule has 1 aromatic heterocycles. The van der Waals surface area contributed by atoms with E-state index in [-0.39, 0.29) is 22.7 Å². The molecule has 1 unspecified atom stereocenters. The molecule has 0 bridgehead atoms. The molecule has 0 fully saturated rings. The SMILES string of the molecule is CC.CC.CC1Cc2c(ccc3oc4cccc(O)c4c(=O)c23)O1. The van der Waals surface area contributed by atoms with Crippen LogP contribution in [0.3, 0.4) is 0 Å². The highest BCUT2D eigenvalue weighted by Crippen LogP contribution is 2.35. The number of phenols is 1. The van der Waals surface area contributed by atoms with Gasteiger partial charge in [-0.1, -0.05) is 33.8 Å². The summed E-state index contributed by atoms with van der Waals surface area (Å²) < 4.78 is 11.4. The molecule has 4 rings (SSSR count). The lowest BCUT2D eigenvalue weighted by molar-refractivity contribution is 0.254. The van der Waals surface area contributed by atoms with Gasteiger partial charge in [0.25, 0.3) is 0 Å². The largest absolute Gasteiger partial charge is 0.507 e. The van der Waals surface area contributed by atoms with Crippen LogP contribution in [0.25, 0.3) is 21.9 Å². The number of ether oxygens (including phenoxy) is 1. The molecule has 1 N–H and O–H groups in total. The van der Waals surface area contributed by atoms with Crippen LogP contribution >= 0.6 is 0 Å². The molecule has 0 amide bonds. The fraction of sp³-hybridized carbons (Fsp3) is 0.350. The Morgan fingerprint density at radius 2 is 1.67 bits per heavy atom. The number of hydrogen-bond donors (Lipinski definition) is 1. The maximum atomic E-state index is 12.7. The number of rotatable bonds is 0. The smallest absolute Gasteiger partial charge is 0.204 e. The van der Waals surface area contributed by atoms with Gasteiger partial charge in [0.1, 0.15) is 34.2 Å². The lowest BCUT2D eigenvalue weighted by Gasteiger charge is -2.06. The molecule has 0 spiro atoms. The number of fused-ring (bicyclic) bond motifs is 4. The Labute approximate surface area is 141 Å². The minimum absolute atomic E-state index is 0.0510. The normalized spacial score (nSPS) is 15.0. The Hall–Kier alpha value is -2.49. The lowest BCUT2D eigenvalue weighted by atomic mass is 10.0. The lowest BCUT2D eigenvalue weighted by Crippen LogP contribution is -2.07. The maximum absolute atomic E-state index is 12.7. The molecule has 0 saturated carbocycles. The molecule has 0 aliphatic carbocycles. The van der Waals surface area contributed by atoms with Crippen LogP contribution in [0.1, 0.15) is 40.2 Å². The van der Waals surface area contributed by atoms with Crippen molar-refractivity contribution < 1.29 is 14.3 Å². The Kier molecular flexibility index (Phi) is 5.50. The standard InChI is InChI=1S/C16H12O4.2C2H6/c1-8-7-9-11(19-8)5-6-13-14(9)16(18)15-10(17)3-2-4-12(15)20-13;2*1-2/h2-6,8,17H,7H2,1H3;2*1-2H3. The fourth-order valence-electron chi connectivity index (χ4n) is 2.88. The minimum Gasteiger partial charge on any atom is -0.507 e. The molecule has 0 saturated heterocycles. The number of benzene rings is 2. The number of aromatic hydroxyl groups is 1. The average Bonchev–Trinajstić information content (AvgIpc) is 2.98. The summed E-state index contributed by atoms with van der Waals surface area (Å²) in [5.74, 6) is 0.676. The van der Waals surface area contributed by atoms with Crippen molar-refractivity contribution in [1.82, 2.24) is 0 Å². The Balaban J connectivity index is 0.000000487. The third-order valence-electron chi connectivity index (χ3n) is 3.73. The van der Waals surface area contributed by atoms with Crippen LogP contribution in [0.15, 0.2) is 39.5 Å². The molecule has 24 heavy (non-hydrogen) atoms. The highest BCUT2D eigenvalue weighted by molar-refractivity contribution is 5.95. The zero-order valence-electron chi connectivity index (χ0n) is 14.8. The summed E-state index contributed by atoms with van der Waals surface area (Å²) in [5, 5.41) is 10.7. The van der Waals surface area contributed by atoms with Crippen LogP contribution in [-0.4, -0.2) is 11.2 Å². The Morgan fingerprint density at radius 3 is 2.38 bits per heavy atom. The van der Waals surface area contributed by atoms with Gasteiger partial charge in [0.15, 0.2) is 0 Å². The van der Waals surface area contributed by atoms with Crippen molar-refractivity contribution in [2.45, 2.75) is 47.1 Å². The molecular weight excluding hydrogens is 304 g/mol. The highest BCUT2D eigenvalue weighted by Gasteiger charge is 2.24. The second kappa shape index (κ2) is 7.39. The van der Waals surface area contributed by atoms with Crippen molar-refractivity contribution in [1.29, 1.82) is 0 Å². The first-order chi connectivity index (χ1) is 11.6. The summed E-state index contributed by atoms with van der Waals surface area (Å²) in [6.45, 7) is 9.96. The molecule has 0 radical (unpaired) electrons. The molecule has 1 aliphatic heterocycles. The number of hydrogen-bond acceptors (Lipinski definition) is 4. The van der Waals surface area contributed by atoms with Crippen LogP contribution in [0, 0.1) is 0 Å². The molecular formula is C20H24O4. The molecule has 128 valence electrons. The van der Waals surface area contributed by atoms with Crippen molar-refractivity contribution in [2.75, 3.05) is 0 Å². The predicted molar refractivity (Wildman–Crippen MR) is 98.1 cm³/mol. The van der Waals surface area contributed by atoms with Crippen molar-refractivity contribution in [2.24, 2.45) is 0 Å². The molecule has 1 aliphatic rings. The Bertz CT molecular complexity index is 909. The highest BCUT2D eigenvalue weighted by atomic mass is 16.5. The van der Waals surface area contributed by atoms with E-state index in [1.807, 2.05) is 40.7 Å². The molecule has 2 heterocycles. The second-order valence-electron chi connectivity index (χ2n) is 5.13. The van der Waals surface area contributed by atoms with Crippen LogP contribution in [0.2, 0.25) is 0 Å². The van der Waals surface area contributed by atoms with Gasteiger partial charge in [0, 0.05) is 12.0 Å². The molecule has 4 nitrogen and oxygen atoms in total. The molecule has 1 atom stereocenters. The minimum atomic E-state index is -0.200. The van der Waals surface area contributed by atoms with Gasteiger partial charge in [-0.25, -0.2) is 0 Å². The van der Waals surface area contributed by atoms with E-state index in [9.17, 15) is 9.90 Å². The first-order valence-corrected chi connectivity index (χ1v) is 8.52. The van der Waals surface area contributed by atoms with E-state index in [4.69, 9.17) is 9.15 Å². The van der Waals surface area contributed by atoms with Crippen LogP contribution in [0.5, 0.6) is 11.5 Å². The third-order valence-corrected chi connectivity index (χ3v) is 3.73. The monoisotopic (exact) mass is 328 g/mol. The van der Waals surface area contributed by atoms with Gasteiger partial charge in [0.2, 0.25) is 5.43 Å². The van der Waals surface area contributed by atoms with Gasteiger partial charge >= 0.3 is 0 Å². The zero-order valence-corrected chi connectivity index (χ0v) is 14.8. The summed E-state index contributed by atoms with van der Waals surface area (Å²) in [7, 11) is 0. The maximum Gasteiger partial charge on any atom is 0.204 e. The van der Waals surface area contributed by atoms with Crippen molar-refractivity contribution in [3.05, 3.63) is 46.1 Å². The van der Waals surface area contributed by atoms with Crippen LogP contribution < -0.4 is 10.2 Å². The Morgan fingerprint density at radius 1 is 1.00 bits per heavy atom. The van der Waals surface area contributed by atoms with Crippen LogP contribution in [0.4, 0.5) is 0 Å².